The van der Waals surface area contributed by atoms with Crippen LogP contribution in [0.4, 0.5) is 0 Å². The molecule has 142 valence electrons. The molecule has 3 rings (SSSR count). The SMILES string of the molecule is COc1cc(/C=C/CC2Cc3cc(OC)c(OC)cc3C2C=O)ccc1O. The smallest absolute Gasteiger partial charge is 0.161 e. The second kappa shape index (κ2) is 8.16. The van der Waals surface area contributed by atoms with Gasteiger partial charge in [-0.25, -0.2) is 0 Å². The van der Waals surface area contributed by atoms with E-state index in [9.17, 15) is 9.90 Å². The highest BCUT2D eigenvalue weighted by Gasteiger charge is 2.32. The molecule has 0 bridgehead atoms. The van der Waals surface area contributed by atoms with Crippen LogP contribution in [0.15, 0.2) is 36.4 Å². The number of hydrogen-bond donors (Lipinski definition) is 1. The first-order valence-electron chi connectivity index (χ1n) is 8.84. The number of rotatable bonds is 7. The minimum atomic E-state index is -0.154. The number of benzene rings is 2. The van der Waals surface area contributed by atoms with Gasteiger partial charge in [-0.3, -0.25) is 0 Å². The predicted molar refractivity (Wildman–Crippen MR) is 104 cm³/mol. The summed E-state index contributed by atoms with van der Waals surface area (Å²) in [5.74, 6) is 1.94. The number of aldehydes is 1. The molecule has 5 heteroatoms. The summed E-state index contributed by atoms with van der Waals surface area (Å²) in [6.45, 7) is 0. The maximum Gasteiger partial charge on any atom is 0.161 e. The Kier molecular flexibility index (Phi) is 5.69. The quantitative estimate of drug-likeness (QED) is 0.749. The first-order valence-corrected chi connectivity index (χ1v) is 8.84. The van der Waals surface area contributed by atoms with Crippen LogP contribution in [-0.4, -0.2) is 32.7 Å². The van der Waals surface area contributed by atoms with Crippen molar-refractivity contribution >= 4 is 12.4 Å². The highest BCUT2D eigenvalue weighted by molar-refractivity contribution is 5.68. The molecule has 27 heavy (non-hydrogen) atoms. The second-order valence-corrected chi connectivity index (χ2v) is 6.60. The Hall–Kier alpha value is -2.95. The molecule has 0 radical (unpaired) electrons. The summed E-state index contributed by atoms with van der Waals surface area (Å²) in [5.41, 5.74) is 3.09. The van der Waals surface area contributed by atoms with Gasteiger partial charge in [0.1, 0.15) is 6.29 Å². The number of hydrogen-bond acceptors (Lipinski definition) is 5. The van der Waals surface area contributed by atoms with Crippen molar-refractivity contribution in [1.29, 1.82) is 0 Å². The van der Waals surface area contributed by atoms with Gasteiger partial charge in [0.15, 0.2) is 23.0 Å². The Morgan fingerprint density at radius 3 is 2.41 bits per heavy atom. The minimum Gasteiger partial charge on any atom is -0.504 e. The van der Waals surface area contributed by atoms with Gasteiger partial charge in [0.25, 0.3) is 0 Å². The molecule has 0 aromatic heterocycles. The fourth-order valence-corrected chi connectivity index (χ4v) is 3.68. The van der Waals surface area contributed by atoms with Crippen molar-refractivity contribution in [3.8, 4) is 23.0 Å². The maximum absolute atomic E-state index is 11.7. The standard InChI is InChI=1S/C22H24O5/c1-25-20-9-14(7-8-19(20)24)5-4-6-15-10-16-11-21(26-2)22(27-3)12-17(16)18(15)13-23/h4-5,7-9,11-13,15,18,24H,6,10H2,1-3H3/b5-4+. The number of allylic oxidation sites excluding steroid dienone is 1. The van der Waals surface area contributed by atoms with Crippen LogP contribution in [0, 0.1) is 5.92 Å². The van der Waals surface area contributed by atoms with Gasteiger partial charge in [-0.15, -0.1) is 0 Å². The molecule has 0 saturated heterocycles. The molecular formula is C22H24O5. The van der Waals surface area contributed by atoms with Gasteiger partial charge in [0.2, 0.25) is 0 Å². The number of phenolic OH excluding ortho intramolecular Hbond substituents is 1. The number of carbonyl (C=O) groups excluding carboxylic acids is 1. The molecule has 5 nitrogen and oxygen atoms in total. The lowest BCUT2D eigenvalue weighted by atomic mass is 9.91. The summed E-state index contributed by atoms with van der Waals surface area (Å²) < 4.78 is 15.9. The van der Waals surface area contributed by atoms with Crippen molar-refractivity contribution in [3.63, 3.8) is 0 Å². The summed E-state index contributed by atoms with van der Waals surface area (Å²) in [6.07, 6.45) is 6.66. The van der Waals surface area contributed by atoms with E-state index < -0.39 is 0 Å². The lowest BCUT2D eigenvalue weighted by Crippen LogP contribution is -2.08. The van der Waals surface area contributed by atoms with E-state index in [1.807, 2.05) is 24.3 Å². The van der Waals surface area contributed by atoms with E-state index >= 15 is 0 Å². The van der Waals surface area contributed by atoms with Gasteiger partial charge in [0.05, 0.1) is 21.3 Å². The summed E-state index contributed by atoms with van der Waals surface area (Å²) in [5, 5.41) is 9.68. The third-order valence-corrected chi connectivity index (χ3v) is 5.09. The maximum atomic E-state index is 11.7. The van der Waals surface area contributed by atoms with E-state index in [0.717, 1.165) is 35.8 Å². The molecule has 2 aromatic rings. The van der Waals surface area contributed by atoms with E-state index in [1.54, 1.807) is 26.4 Å². The summed E-state index contributed by atoms with van der Waals surface area (Å²) in [4.78, 5) is 11.7. The molecule has 1 aliphatic carbocycles. The van der Waals surface area contributed by atoms with E-state index in [2.05, 4.69) is 6.08 Å². The van der Waals surface area contributed by atoms with Crippen molar-refractivity contribution in [3.05, 3.63) is 53.1 Å². The normalized spacial score (nSPS) is 18.3. The average Bonchev–Trinajstić information content (AvgIpc) is 3.04. The fourth-order valence-electron chi connectivity index (χ4n) is 3.68. The van der Waals surface area contributed by atoms with E-state index in [-0.39, 0.29) is 17.6 Å². The second-order valence-electron chi connectivity index (χ2n) is 6.60. The van der Waals surface area contributed by atoms with Crippen LogP contribution in [0.5, 0.6) is 23.0 Å². The highest BCUT2D eigenvalue weighted by atomic mass is 16.5. The van der Waals surface area contributed by atoms with Crippen LogP contribution in [0.2, 0.25) is 0 Å². The summed E-state index contributed by atoms with van der Waals surface area (Å²) in [6, 6.07) is 9.10. The Balaban J connectivity index is 1.77. The molecule has 1 N–H and O–H groups in total. The number of ether oxygens (including phenoxy) is 3. The zero-order valence-electron chi connectivity index (χ0n) is 15.8. The number of phenols is 1. The van der Waals surface area contributed by atoms with Crippen molar-refractivity contribution < 1.29 is 24.1 Å². The minimum absolute atomic E-state index is 0.116. The van der Waals surface area contributed by atoms with Gasteiger partial charge in [-0.1, -0.05) is 18.2 Å². The van der Waals surface area contributed by atoms with Crippen molar-refractivity contribution in [2.24, 2.45) is 5.92 Å². The molecule has 0 amide bonds. The summed E-state index contributed by atoms with van der Waals surface area (Å²) >= 11 is 0. The van der Waals surface area contributed by atoms with E-state index in [1.165, 1.54) is 7.11 Å². The molecule has 2 unspecified atom stereocenters. The molecule has 2 aromatic carbocycles. The van der Waals surface area contributed by atoms with Gasteiger partial charge in [-0.05, 0) is 59.7 Å². The molecule has 0 fully saturated rings. The lowest BCUT2D eigenvalue weighted by Gasteiger charge is -2.13. The molecule has 0 aliphatic heterocycles. The van der Waals surface area contributed by atoms with Crippen LogP contribution >= 0.6 is 0 Å². The lowest BCUT2D eigenvalue weighted by molar-refractivity contribution is -0.109. The predicted octanol–water partition coefficient (Wildman–Crippen LogP) is 3.98. The van der Waals surface area contributed by atoms with E-state index in [0.29, 0.717) is 17.2 Å². The topological polar surface area (TPSA) is 65.0 Å². The third kappa shape index (κ3) is 3.77. The van der Waals surface area contributed by atoms with Gasteiger partial charge < -0.3 is 24.1 Å². The largest absolute Gasteiger partial charge is 0.504 e. The Labute approximate surface area is 159 Å². The summed E-state index contributed by atoms with van der Waals surface area (Å²) in [7, 11) is 4.74. The van der Waals surface area contributed by atoms with Crippen LogP contribution in [-0.2, 0) is 11.2 Å². The van der Waals surface area contributed by atoms with Crippen molar-refractivity contribution in [2.75, 3.05) is 21.3 Å². The monoisotopic (exact) mass is 368 g/mol. The van der Waals surface area contributed by atoms with Gasteiger partial charge in [0, 0.05) is 5.92 Å². The fraction of sp³-hybridized carbons (Fsp3) is 0.318. The zero-order valence-corrected chi connectivity index (χ0v) is 15.8. The van der Waals surface area contributed by atoms with Crippen LogP contribution in [0.25, 0.3) is 6.08 Å². The number of fused-ring (bicyclic) bond motifs is 1. The van der Waals surface area contributed by atoms with Crippen molar-refractivity contribution in [2.45, 2.75) is 18.8 Å². The first kappa shape index (κ1) is 18.8. The first-order chi connectivity index (χ1) is 13.1. The Bertz CT molecular complexity index is 856. The Morgan fingerprint density at radius 1 is 1.04 bits per heavy atom. The molecular weight excluding hydrogens is 344 g/mol. The van der Waals surface area contributed by atoms with E-state index in [4.69, 9.17) is 14.2 Å². The van der Waals surface area contributed by atoms with Crippen LogP contribution < -0.4 is 14.2 Å². The Morgan fingerprint density at radius 2 is 1.74 bits per heavy atom. The number of aromatic hydroxyl groups is 1. The number of methoxy groups -OCH3 is 3. The van der Waals surface area contributed by atoms with Crippen molar-refractivity contribution in [1.82, 2.24) is 0 Å². The van der Waals surface area contributed by atoms with Gasteiger partial charge in [-0.2, -0.15) is 0 Å². The molecule has 0 heterocycles. The van der Waals surface area contributed by atoms with Crippen LogP contribution in [0.3, 0.4) is 0 Å². The zero-order chi connectivity index (χ0) is 19.4. The molecule has 0 saturated carbocycles. The molecule has 0 spiro atoms. The molecule has 2 atom stereocenters. The highest BCUT2D eigenvalue weighted by Crippen LogP contribution is 2.43. The molecule has 1 aliphatic rings. The number of carbonyl (C=O) groups is 1. The van der Waals surface area contributed by atoms with Gasteiger partial charge >= 0.3 is 0 Å². The average molecular weight is 368 g/mol. The van der Waals surface area contributed by atoms with Crippen LogP contribution in [0.1, 0.15) is 29.0 Å². The third-order valence-electron chi connectivity index (χ3n) is 5.09.